The molecule has 0 amide bonds. The molecular formula is C29H37FN2O2. The lowest BCUT2D eigenvalue weighted by Crippen LogP contribution is -2.44. The molecule has 1 saturated carbocycles. The molecule has 0 spiro atoms. The maximum Gasteiger partial charge on any atom is 0.306 e. The van der Waals surface area contributed by atoms with Gasteiger partial charge >= 0.3 is 5.97 Å². The number of hydrogen-bond acceptors (Lipinski definition) is 4. The van der Waals surface area contributed by atoms with E-state index in [2.05, 4.69) is 35.0 Å². The highest BCUT2D eigenvalue weighted by Gasteiger charge is 2.44. The average molecular weight is 465 g/mol. The Kier molecular flexibility index (Phi) is 6.80. The molecule has 3 aliphatic rings. The van der Waals surface area contributed by atoms with Crippen LogP contribution in [-0.4, -0.2) is 32.1 Å². The summed E-state index contributed by atoms with van der Waals surface area (Å²) >= 11 is 0. The molecule has 182 valence electrons. The Bertz CT molecular complexity index is 1010. The van der Waals surface area contributed by atoms with E-state index in [0.717, 1.165) is 44.3 Å². The maximum atomic E-state index is 13.4. The zero-order chi connectivity index (χ0) is 23.7. The van der Waals surface area contributed by atoms with Crippen molar-refractivity contribution in [3.63, 3.8) is 0 Å². The predicted molar refractivity (Wildman–Crippen MR) is 135 cm³/mol. The highest BCUT2D eigenvalue weighted by atomic mass is 19.1. The first-order chi connectivity index (χ1) is 16.5. The van der Waals surface area contributed by atoms with E-state index in [1.165, 1.54) is 42.8 Å². The molecule has 34 heavy (non-hydrogen) atoms. The monoisotopic (exact) mass is 464 g/mol. The molecular weight excluding hydrogens is 427 g/mol. The predicted octanol–water partition coefficient (Wildman–Crippen LogP) is 6.60. The number of benzene rings is 2. The first-order valence-corrected chi connectivity index (χ1v) is 13.1. The minimum atomic E-state index is -0.286. The Morgan fingerprint density at radius 3 is 2.76 bits per heavy atom. The normalized spacial score (nSPS) is 23.9. The fraction of sp³-hybridized carbons (Fsp3) is 0.552. The topological polar surface area (TPSA) is 32.8 Å². The van der Waals surface area contributed by atoms with Crippen LogP contribution in [0.3, 0.4) is 0 Å². The number of nitrogens with zero attached hydrogens (tertiary/aromatic N) is 2. The number of ether oxygens (including phenoxy) is 1. The third-order valence-electron chi connectivity index (χ3n) is 8.19. The zero-order valence-corrected chi connectivity index (χ0v) is 20.5. The summed E-state index contributed by atoms with van der Waals surface area (Å²) in [7, 11) is 2.21. The van der Waals surface area contributed by atoms with Crippen LogP contribution < -0.4 is 9.80 Å². The third-order valence-corrected chi connectivity index (χ3v) is 8.19. The fourth-order valence-corrected chi connectivity index (χ4v) is 6.49. The van der Waals surface area contributed by atoms with Gasteiger partial charge in [-0.05, 0) is 73.8 Å². The standard InChI is InChI=1S/C29H37FN2O2/c1-3-6-28(33)34-27(21-12-14-22(30)15-13-21)10-4-7-20-11-16-25-24(19-20)23-8-5-9-26-29(23)32(25)18-17-31(26)2/h5,8-9,12-15,20,24-25,27H,3-4,6-7,10-11,16-19H2,1-2H3/t20?,24-,25-,27?/m0/s1. The molecule has 2 heterocycles. The van der Waals surface area contributed by atoms with Crippen molar-refractivity contribution < 1.29 is 13.9 Å². The summed E-state index contributed by atoms with van der Waals surface area (Å²) in [6.07, 6.45) is 7.66. The van der Waals surface area contributed by atoms with Gasteiger partial charge in [0.2, 0.25) is 0 Å². The molecule has 2 aliphatic heterocycles. The molecule has 1 fully saturated rings. The Morgan fingerprint density at radius 2 is 1.97 bits per heavy atom. The van der Waals surface area contributed by atoms with Gasteiger partial charge in [0.1, 0.15) is 11.9 Å². The summed E-state index contributed by atoms with van der Waals surface area (Å²) < 4.78 is 19.2. The summed E-state index contributed by atoms with van der Waals surface area (Å²) in [6.45, 7) is 4.22. The van der Waals surface area contributed by atoms with Crippen molar-refractivity contribution in [2.75, 3.05) is 29.9 Å². The number of hydrogen-bond donors (Lipinski definition) is 0. The van der Waals surface area contributed by atoms with Crippen molar-refractivity contribution in [1.82, 2.24) is 0 Å². The van der Waals surface area contributed by atoms with E-state index in [-0.39, 0.29) is 17.9 Å². The molecule has 0 bridgehead atoms. The van der Waals surface area contributed by atoms with Gasteiger partial charge < -0.3 is 14.5 Å². The summed E-state index contributed by atoms with van der Waals surface area (Å²) in [6, 6.07) is 13.9. The van der Waals surface area contributed by atoms with Crippen molar-refractivity contribution in [2.24, 2.45) is 5.92 Å². The van der Waals surface area contributed by atoms with Crippen LogP contribution in [0.5, 0.6) is 0 Å². The number of fused-ring (bicyclic) bond motifs is 3. The van der Waals surface area contributed by atoms with Gasteiger partial charge in [0, 0.05) is 38.5 Å². The van der Waals surface area contributed by atoms with Gasteiger partial charge in [0.25, 0.3) is 0 Å². The number of anilines is 2. The summed E-state index contributed by atoms with van der Waals surface area (Å²) in [4.78, 5) is 17.3. The zero-order valence-electron chi connectivity index (χ0n) is 20.5. The van der Waals surface area contributed by atoms with Crippen LogP contribution in [0.4, 0.5) is 15.8 Å². The number of likely N-dealkylation sites (N-methyl/N-ethyl adjacent to an activating group) is 1. The molecule has 0 radical (unpaired) electrons. The molecule has 5 heteroatoms. The molecule has 0 saturated heterocycles. The Labute approximate surface area is 203 Å². The number of para-hydroxylation sites is 1. The highest BCUT2D eigenvalue weighted by molar-refractivity contribution is 5.80. The smallest absolute Gasteiger partial charge is 0.306 e. The van der Waals surface area contributed by atoms with Gasteiger partial charge in [0.05, 0.1) is 11.4 Å². The van der Waals surface area contributed by atoms with Crippen molar-refractivity contribution in [3.05, 3.63) is 59.4 Å². The molecule has 4 nitrogen and oxygen atoms in total. The average Bonchev–Trinajstić information content (AvgIpc) is 3.16. The fourth-order valence-electron chi connectivity index (χ4n) is 6.49. The summed E-state index contributed by atoms with van der Waals surface area (Å²) in [5.74, 6) is 0.918. The first kappa shape index (κ1) is 23.2. The van der Waals surface area contributed by atoms with E-state index in [9.17, 15) is 9.18 Å². The minimum Gasteiger partial charge on any atom is -0.457 e. The molecule has 4 atom stereocenters. The van der Waals surface area contributed by atoms with Crippen LogP contribution in [0.25, 0.3) is 0 Å². The van der Waals surface area contributed by atoms with Crippen molar-refractivity contribution in [1.29, 1.82) is 0 Å². The number of halogens is 1. The van der Waals surface area contributed by atoms with Gasteiger partial charge in [-0.1, -0.05) is 37.6 Å². The Hall–Kier alpha value is -2.56. The third kappa shape index (κ3) is 4.54. The number of esters is 1. The van der Waals surface area contributed by atoms with Crippen LogP contribution in [0, 0.1) is 11.7 Å². The lowest BCUT2D eigenvalue weighted by atomic mass is 9.74. The lowest BCUT2D eigenvalue weighted by Gasteiger charge is -2.40. The lowest BCUT2D eigenvalue weighted by molar-refractivity contribution is -0.150. The molecule has 0 aromatic heterocycles. The van der Waals surface area contributed by atoms with Gasteiger partial charge in [-0.2, -0.15) is 0 Å². The van der Waals surface area contributed by atoms with Crippen LogP contribution >= 0.6 is 0 Å². The quantitative estimate of drug-likeness (QED) is 0.412. The van der Waals surface area contributed by atoms with Crippen molar-refractivity contribution >= 4 is 17.3 Å². The van der Waals surface area contributed by atoms with E-state index in [4.69, 9.17) is 4.74 Å². The van der Waals surface area contributed by atoms with Crippen molar-refractivity contribution in [3.8, 4) is 0 Å². The first-order valence-electron chi connectivity index (χ1n) is 13.1. The molecule has 1 aliphatic carbocycles. The van der Waals surface area contributed by atoms with E-state index < -0.39 is 0 Å². The summed E-state index contributed by atoms with van der Waals surface area (Å²) in [5.41, 5.74) is 5.33. The van der Waals surface area contributed by atoms with Crippen LogP contribution in [0.2, 0.25) is 0 Å². The number of carbonyl (C=O) groups excluding carboxylic acids is 1. The minimum absolute atomic E-state index is 0.161. The van der Waals surface area contributed by atoms with Crippen molar-refractivity contribution in [2.45, 2.75) is 76.4 Å². The van der Waals surface area contributed by atoms with Crippen LogP contribution in [-0.2, 0) is 9.53 Å². The molecule has 5 rings (SSSR count). The molecule has 0 N–H and O–H groups in total. The van der Waals surface area contributed by atoms with E-state index >= 15 is 0 Å². The van der Waals surface area contributed by atoms with Crippen LogP contribution in [0.1, 0.15) is 81.4 Å². The summed E-state index contributed by atoms with van der Waals surface area (Å²) in [5, 5.41) is 0. The SMILES string of the molecule is CCCC(=O)OC(CCCC1CC[C@H]2[C@@H](C1)c1cccc3c1N2CCN3C)c1ccc(F)cc1. The van der Waals surface area contributed by atoms with Gasteiger partial charge in [-0.15, -0.1) is 0 Å². The van der Waals surface area contributed by atoms with E-state index in [1.807, 2.05) is 6.92 Å². The Balaban J connectivity index is 1.22. The van der Waals surface area contributed by atoms with Gasteiger partial charge in [0.15, 0.2) is 0 Å². The second-order valence-corrected chi connectivity index (χ2v) is 10.4. The highest BCUT2D eigenvalue weighted by Crippen LogP contribution is 2.54. The van der Waals surface area contributed by atoms with E-state index in [1.54, 1.807) is 17.7 Å². The maximum absolute atomic E-state index is 13.4. The second kappa shape index (κ2) is 9.97. The number of carbonyl (C=O) groups is 1. The molecule has 2 aromatic rings. The van der Waals surface area contributed by atoms with Crippen LogP contribution in [0.15, 0.2) is 42.5 Å². The Morgan fingerprint density at radius 1 is 1.15 bits per heavy atom. The van der Waals surface area contributed by atoms with Gasteiger partial charge in [-0.25, -0.2) is 4.39 Å². The van der Waals surface area contributed by atoms with E-state index in [0.29, 0.717) is 24.3 Å². The van der Waals surface area contributed by atoms with Gasteiger partial charge in [-0.3, -0.25) is 4.79 Å². The molecule has 2 unspecified atom stereocenters. The molecule has 2 aromatic carbocycles. The second-order valence-electron chi connectivity index (χ2n) is 10.4. The number of rotatable bonds is 8. The largest absolute Gasteiger partial charge is 0.457 e.